The summed E-state index contributed by atoms with van der Waals surface area (Å²) < 4.78 is 13.1. The largest absolute Gasteiger partial charge is 0.473 e. The minimum absolute atomic E-state index is 0.480. The fourth-order valence-electron chi connectivity index (χ4n) is 3.54. The maximum atomic E-state index is 12.6. The molecule has 0 N–H and O–H groups in total. The summed E-state index contributed by atoms with van der Waals surface area (Å²) in [5.41, 5.74) is 4.16. The maximum absolute atomic E-state index is 12.6. The molecular weight excluding hydrogens is 424 g/mol. The van der Waals surface area contributed by atoms with Crippen molar-refractivity contribution in [2.45, 2.75) is 19.6 Å². The lowest BCUT2D eigenvalue weighted by molar-refractivity contribution is -0.149. The minimum atomic E-state index is -0.910. The number of carbonyl (C=O) groups is 1. The molecule has 0 radical (unpaired) electrons. The third-order valence-electron chi connectivity index (χ3n) is 5.13. The summed E-state index contributed by atoms with van der Waals surface area (Å²) in [6.45, 7) is 2.69. The topological polar surface area (TPSA) is 53.4 Å². The highest BCUT2D eigenvalue weighted by molar-refractivity contribution is 6.31. The number of esters is 1. The molecule has 3 aromatic carbocycles. The van der Waals surface area contributed by atoms with Crippen LogP contribution in [0.15, 0.2) is 84.9 Å². The van der Waals surface area contributed by atoms with E-state index < -0.39 is 12.1 Å². The number of ether oxygens (including phenoxy) is 2. The number of carbonyl (C=O) groups excluding carboxylic acids is 1. The van der Waals surface area contributed by atoms with E-state index in [1.807, 2.05) is 84.4 Å². The first-order valence-electron chi connectivity index (χ1n) is 10.3. The number of hydrogen-bond acceptors (Lipinski definition) is 4. The summed E-state index contributed by atoms with van der Waals surface area (Å²) in [7, 11) is 1.35. The zero-order valence-electron chi connectivity index (χ0n) is 17.9. The average Bonchev–Trinajstić information content (AvgIpc) is 3.28. The quantitative estimate of drug-likeness (QED) is 0.318. The molecule has 4 rings (SSSR count). The van der Waals surface area contributed by atoms with Gasteiger partial charge in [0.25, 0.3) is 0 Å². The molecular formula is C26H23ClN2O3. The third kappa shape index (κ3) is 4.53. The van der Waals surface area contributed by atoms with Crippen molar-refractivity contribution in [3.8, 4) is 28.3 Å². The Bertz CT molecular complexity index is 1210. The fourth-order valence-corrected chi connectivity index (χ4v) is 3.72. The van der Waals surface area contributed by atoms with Crippen molar-refractivity contribution in [1.82, 2.24) is 9.78 Å². The summed E-state index contributed by atoms with van der Waals surface area (Å²) in [6.07, 6.45) is -0.910. The van der Waals surface area contributed by atoms with Crippen molar-refractivity contribution in [2.24, 2.45) is 0 Å². The van der Waals surface area contributed by atoms with E-state index in [2.05, 4.69) is 0 Å². The van der Waals surface area contributed by atoms with Crippen LogP contribution in [0.4, 0.5) is 0 Å². The van der Waals surface area contributed by atoms with Crippen LogP contribution in [-0.2, 0) is 16.1 Å². The Morgan fingerprint density at radius 2 is 1.69 bits per heavy atom. The number of nitrogens with zero attached hydrogens (tertiary/aromatic N) is 2. The van der Waals surface area contributed by atoms with E-state index in [-0.39, 0.29) is 0 Å². The summed E-state index contributed by atoms with van der Waals surface area (Å²) >= 11 is 6.35. The summed E-state index contributed by atoms with van der Waals surface area (Å²) in [4.78, 5) is 12.6. The van der Waals surface area contributed by atoms with E-state index in [0.717, 1.165) is 22.5 Å². The first-order valence-corrected chi connectivity index (χ1v) is 10.7. The molecule has 5 nitrogen and oxygen atoms in total. The second kappa shape index (κ2) is 9.71. The van der Waals surface area contributed by atoms with Gasteiger partial charge in [-0.25, -0.2) is 4.79 Å². The van der Waals surface area contributed by atoms with Crippen molar-refractivity contribution < 1.29 is 14.3 Å². The molecule has 0 aliphatic carbocycles. The van der Waals surface area contributed by atoms with Crippen LogP contribution in [0, 0.1) is 0 Å². The van der Waals surface area contributed by atoms with Crippen molar-refractivity contribution in [2.75, 3.05) is 7.11 Å². The van der Waals surface area contributed by atoms with Crippen LogP contribution in [-0.4, -0.2) is 22.9 Å². The smallest absolute Gasteiger partial charge is 0.351 e. The first-order chi connectivity index (χ1) is 15.6. The molecule has 0 bridgehead atoms. The number of halogens is 1. The van der Waals surface area contributed by atoms with Crippen LogP contribution >= 0.6 is 11.6 Å². The van der Waals surface area contributed by atoms with E-state index in [4.69, 9.17) is 26.2 Å². The molecule has 32 heavy (non-hydrogen) atoms. The van der Waals surface area contributed by atoms with Gasteiger partial charge in [0, 0.05) is 28.3 Å². The van der Waals surface area contributed by atoms with Gasteiger partial charge in [0.2, 0.25) is 6.10 Å². The van der Waals surface area contributed by atoms with Crippen LogP contribution in [0.5, 0.6) is 5.75 Å². The highest BCUT2D eigenvalue weighted by Crippen LogP contribution is 2.37. The van der Waals surface area contributed by atoms with Gasteiger partial charge in [0.15, 0.2) is 0 Å². The molecule has 0 amide bonds. The van der Waals surface area contributed by atoms with Crippen molar-refractivity contribution in [3.63, 3.8) is 0 Å². The van der Waals surface area contributed by atoms with E-state index in [1.54, 1.807) is 12.1 Å². The van der Waals surface area contributed by atoms with Gasteiger partial charge in [-0.05, 0) is 31.2 Å². The molecule has 6 heteroatoms. The Labute approximate surface area is 192 Å². The van der Waals surface area contributed by atoms with Gasteiger partial charge in [-0.15, -0.1) is 0 Å². The van der Waals surface area contributed by atoms with Crippen LogP contribution in [0.2, 0.25) is 5.02 Å². The maximum Gasteiger partial charge on any atom is 0.351 e. The molecule has 1 atom stereocenters. The van der Waals surface area contributed by atoms with Gasteiger partial charge in [0.1, 0.15) is 5.75 Å². The van der Waals surface area contributed by atoms with Crippen molar-refractivity contribution in [3.05, 3.63) is 95.5 Å². The van der Waals surface area contributed by atoms with Gasteiger partial charge < -0.3 is 9.47 Å². The molecule has 4 aromatic rings. The van der Waals surface area contributed by atoms with Crippen LogP contribution < -0.4 is 4.74 Å². The SMILES string of the molecule is CCn1nc(-c2ccccc2)cc1-c1cc(Cl)ccc1OC(C(=O)OC)c1ccccc1. The predicted molar refractivity (Wildman–Crippen MR) is 126 cm³/mol. The lowest BCUT2D eigenvalue weighted by Gasteiger charge is -2.20. The number of aromatic nitrogens is 2. The molecule has 0 saturated carbocycles. The Balaban J connectivity index is 1.79. The Morgan fingerprint density at radius 1 is 1.00 bits per heavy atom. The highest BCUT2D eigenvalue weighted by Gasteiger charge is 2.25. The number of methoxy groups -OCH3 is 1. The van der Waals surface area contributed by atoms with E-state index in [0.29, 0.717) is 22.9 Å². The Kier molecular flexibility index (Phi) is 6.57. The zero-order chi connectivity index (χ0) is 22.5. The molecule has 1 unspecified atom stereocenters. The van der Waals surface area contributed by atoms with E-state index in [1.165, 1.54) is 7.11 Å². The molecule has 0 spiro atoms. The molecule has 162 valence electrons. The van der Waals surface area contributed by atoms with E-state index >= 15 is 0 Å². The second-order valence-electron chi connectivity index (χ2n) is 7.17. The van der Waals surface area contributed by atoms with Crippen molar-refractivity contribution in [1.29, 1.82) is 0 Å². The monoisotopic (exact) mass is 446 g/mol. The highest BCUT2D eigenvalue weighted by atomic mass is 35.5. The number of aryl methyl sites for hydroxylation is 1. The van der Waals surface area contributed by atoms with Crippen molar-refractivity contribution >= 4 is 17.6 Å². The van der Waals surface area contributed by atoms with Gasteiger partial charge in [0.05, 0.1) is 18.5 Å². The summed E-state index contributed by atoms with van der Waals surface area (Å²) in [6, 6.07) is 26.6. The van der Waals surface area contributed by atoms with Crippen LogP contribution in [0.1, 0.15) is 18.6 Å². The molecule has 0 saturated heterocycles. The lowest BCUT2D eigenvalue weighted by atomic mass is 10.1. The molecule has 0 aliphatic rings. The third-order valence-corrected chi connectivity index (χ3v) is 5.36. The van der Waals surface area contributed by atoms with E-state index in [9.17, 15) is 4.79 Å². The molecule has 0 fully saturated rings. The van der Waals surface area contributed by atoms with Gasteiger partial charge in [-0.1, -0.05) is 72.3 Å². The Morgan fingerprint density at radius 3 is 2.34 bits per heavy atom. The number of hydrogen-bond donors (Lipinski definition) is 0. The number of benzene rings is 3. The van der Waals surface area contributed by atoms with Gasteiger partial charge in [-0.2, -0.15) is 5.10 Å². The fraction of sp³-hybridized carbons (Fsp3) is 0.154. The molecule has 1 aromatic heterocycles. The summed E-state index contributed by atoms with van der Waals surface area (Å²) in [5, 5.41) is 5.32. The molecule has 1 heterocycles. The summed E-state index contributed by atoms with van der Waals surface area (Å²) in [5.74, 6) is 0.0361. The van der Waals surface area contributed by atoms with Crippen LogP contribution in [0.25, 0.3) is 22.5 Å². The standard InChI is InChI=1S/C26H23ClN2O3/c1-3-29-23(17-22(28-29)18-10-6-4-7-11-18)21-16-20(27)14-15-24(21)32-25(26(30)31-2)19-12-8-5-9-13-19/h4-17,25H,3H2,1-2H3. The predicted octanol–water partition coefficient (Wildman–Crippen LogP) is 6.18. The zero-order valence-corrected chi connectivity index (χ0v) is 18.6. The lowest BCUT2D eigenvalue weighted by Crippen LogP contribution is -2.20. The average molecular weight is 447 g/mol. The minimum Gasteiger partial charge on any atom is -0.473 e. The van der Waals surface area contributed by atoms with Gasteiger partial charge in [-0.3, -0.25) is 4.68 Å². The second-order valence-corrected chi connectivity index (χ2v) is 7.61. The number of rotatable bonds is 7. The molecule has 0 aliphatic heterocycles. The van der Waals surface area contributed by atoms with Crippen LogP contribution in [0.3, 0.4) is 0 Å². The van der Waals surface area contributed by atoms with Gasteiger partial charge >= 0.3 is 5.97 Å². The first kappa shape index (κ1) is 21.7. The normalized spacial score (nSPS) is 11.7. The Hall–Kier alpha value is -3.57.